The van der Waals surface area contributed by atoms with Crippen LogP contribution in [-0.4, -0.2) is 44.3 Å². The highest BCUT2D eigenvalue weighted by Crippen LogP contribution is 2.27. The number of benzene rings is 4. The number of carbonyl (C=O) groups excluding carboxylic acids is 2. The number of hydrogen-bond acceptors (Lipinski definition) is 4. The summed E-state index contributed by atoms with van der Waals surface area (Å²) in [5.41, 5.74) is 2.80. The van der Waals surface area contributed by atoms with Gasteiger partial charge >= 0.3 is 0 Å². The van der Waals surface area contributed by atoms with Crippen molar-refractivity contribution in [3.05, 3.63) is 129 Å². The standard InChI is InChI=1S/C34H35BrClN3O4S/c1-3-20-37-34(41)32(21-26-8-5-4-6-9-26)38(23-27-14-16-28(35)17-15-27)33(40)24-39(30-11-7-10-29(36)22-30)44(42,43)31-18-12-25(2)13-19-31/h4-19,22,32H,3,20-21,23-24H2,1-2H3,(H,37,41). The number of sulfonamides is 1. The smallest absolute Gasteiger partial charge is 0.264 e. The summed E-state index contributed by atoms with van der Waals surface area (Å²) in [5.74, 6) is -0.840. The highest BCUT2D eigenvalue weighted by Gasteiger charge is 2.34. The molecule has 0 saturated carbocycles. The van der Waals surface area contributed by atoms with Gasteiger partial charge in [-0.1, -0.05) is 101 Å². The lowest BCUT2D eigenvalue weighted by Crippen LogP contribution is -2.53. The van der Waals surface area contributed by atoms with E-state index in [0.717, 1.165) is 31.9 Å². The van der Waals surface area contributed by atoms with Gasteiger partial charge in [-0.05, 0) is 66.9 Å². The summed E-state index contributed by atoms with van der Waals surface area (Å²) in [6.07, 6.45) is 0.975. The second-order valence-corrected chi connectivity index (χ2v) is 13.7. The minimum Gasteiger partial charge on any atom is -0.354 e. The normalized spacial score (nSPS) is 11.9. The van der Waals surface area contributed by atoms with Crippen molar-refractivity contribution in [1.82, 2.24) is 10.2 Å². The molecule has 0 fully saturated rings. The molecule has 230 valence electrons. The minimum absolute atomic E-state index is 0.0388. The van der Waals surface area contributed by atoms with Crippen molar-refractivity contribution in [2.24, 2.45) is 0 Å². The summed E-state index contributed by atoms with van der Waals surface area (Å²) in [6.45, 7) is 3.82. The first-order chi connectivity index (χ1) is 21.1. The lowest BCUT2D eigenvalue weighted by molar-refractivity contribution is -0.140. The molecule has 7 nitrogen and oxygen atoms in total. The van der Waals surface area contributed by atoms with Gasteiger partial charge in [0.15, 0.2) is 0 Å². The van der Waals surface area contributed by atoms with E-state index in [1.54, 1.807) is 30.3 Å². The molecule has 4 rings (SSSR count). The van der Waals surface area contributed by atoms with Gasteiger partial charge in [0.05, 0.1) is 10.6 Å². The van der Waals surface area contributed by atoms with Crippen LogP contribution in [0.15, 0.2) is 112 Å². The molecule has 4 aromatic rings. The van der Waals surface area contributed by atoms with Gasteiger partial charge in [-0.25, -0.2) is 8.42 Å². The molecule has 4 aromatic carbocycles. The number of nitrogens with zero attached hydrogens (tertiary/aromatic N) is 2. The number of nitrogens with one attached hydrogen (secondary N) is 1. The molecular formula is C34H35BrClN3O4S. The SMILES string of the molecule is CCCNC(=O)C(Cc1ccccc1)N(Cc1ccc(Br)cc1)C(=O)CN(c1cccc(Cl)c1)S(=O)(=O)c1ccc(C)cc1. The fourth-order valence-electron chi connectivity index (χ4n) is 4.70. The van der Waals surface area contributed by atoms with Crippen LogP contribution in [-0.2, 0) is 32.6 Å². The Morgan fingerprint density at radius 2 is 1.57 bits per heavy atom. The first kappa shape index (κ1) is 33.2. The van der Waals surface area contributed by atoms with Crippen LogP contribution in [0.25, 0.3) is 0 Å². The van der Waals surface area contributed by atoms with E-state index < -0.39 is 28.5 Å². The number of aryl methyl sites for hydroxylation is 1. The van der Waals surface area contributed by atoms with Crippen molar-refractivity contribution >= 4 is 55.1 Å². The summed E-state index contributed by atoms with van der Waals surface area (Å²) in [5, 5.41) is 3.27. The molecule has 44 heavy (non-hydrogen) atoms. The van der Waals surface area contributed by atoms with Crippen molar-refractivity contribution in [3.8, 4) is 0 Å². The van der Waals surface area contributed by atoms with Crippen LogP contribution in [0.2, 0.25) is 5.02 Å². The number of hydrogen-bond donors (Lipinski definition) is 1. The summed E-state index contributed by atoms with van der Waals surface area (Å²) in [7, 11) is -4.19. The molecule has 0 bridgehead atoms. The summed E-state index contributed by atoms with van der Waals surface area (Å²) < 4.78 is 30.1. The van der Waals surface area contributed by atoms with Crippen LogP contribution in [0.1, 0.15) is 30.0 Å². The fourth-order valence-corrected chi connectivity index (χ4v) is 6.56. The first-order valence-corrected chi connectivity index (χ1v) is 16.9. The molecule has 1 N–H and O–H groups in total. The Labute approximate surface area is 273 Å². The second-order valence-electron chi connectivity index (χ2n) is 10.4. The lowest BCUT2D eigenvalue weighted by atomic mass is 10.0. The average molecular weight is 697 g/mol. The van der Waals surface area contributed by atoms with Crippen molar-refractivity contribution in [1.29, 1.82) is 0 Å². The third kappa shape index (κ3) is 8.71. The summed E-state index contributed by atoms with van der Waals surface area (Å²) in [6, 6.07) is 28.8. The Balaban J connectivity index is 1.79. The summed E-state index contributed by atoms with van der Waals surface area (Å²) >= 11 is 9.73. The van der Waals surface area contributed by atoms with Crippen molar-refractivity contribution in [3.63, 3.8) is 0 Å². The predicted octanol–water partition coefficient (Wildman–Crippen LogP) is 6.77. The predicted molar refractivity (Wildman–Crippen MR) is 179 cm³/mol. The van der Waals surface area contributed by atoms with Crippen molar-refractivity contribution < 1.29 is 18.0 Å². The number of carbonyl (C=O) groups is 2. The van der Waals surface area contributed by atoms with Crippen LogP contribution in [0.3, 0.4) is 0 Å². The molecule has 1 atom stereocenters. The van der Waals surface area contributed by atoms with Gasteiger partial charge in [0.25, 0.3) is 10.0 Å². The fraction of sp³-hybridized carbons (Fsp3) is 0.235. The Morgan fingerprint density at radius 3 is 2.20 bits per heavy atom. The quantitative estimate of drug-likeness (QED) is 0.167. The third-order valence-corrected chi connectivity index (χ3v) is 9.62. The largest absolute Gasteiger partial charge is 0.354 e. The molecule has 0 aromatic heterocycles. The Hall–Kier alpha value is -3.66. The number of amides is 2. The van der Waals surface area contributed by atoms with Crippen molar-refractivity contribution in [2.75, 3.05) is 17.4 Å². The van der Waals surface area contributed by atoms with E-state index in [4.69, 9.17) is 11.6 Å². The molecule has 2 amide bonds. The highest BCUT2D eigenvalue weighted by atomic mass is 79.9. The highest BCUT2D eigenvalue weighted by molar-refractivity contribution is 9.10. The Kier molecular flexibility index (Phi) is 11.6. The van der Waals surface area contributed by atoms with E-state index in [1.807, 2.05) is 68.4 Å². The van der Waals surface area contributed by atoms with Crippen LogP contribution < -0.4 is 9.62 Å². The van der Waals surface area contributed by atoms with Gasteiger partial charge in [0.2, 0.25) is 11.8 Å². The van der Waals surface area contributed by atoms with Gasteiger partial charge < -0.3 is 10.2 Å². The molecule has 0 radical (unpaired) electrons. The lowest BCUT2D eigenvalue weighted by Gasteiger charge is -2.34. The van der Waals surface area contributed by atoms with E-state index in [2.05, 4.69) is 21.2 Å². The van der Waals surface area contributed by atoms with Gasteiger partial charge in [-0.2, -0.15) is 0 Å². The van der Waals surface area contributed by atoms with Crippen molar-refractivity contribution in [2.45, 2.75) is 44.2 Å². The van der Waals surface area contributed by atoms with Gasteiger partial charge in [0.1, 0.15) is 12.6 Å². The number of halogens is 2. The molecule has 0 aliphatic heterocycles. The monoisotopic (exact) mass is 695 g/mol. The maximum absolute atomic E-state index is 14.4. The van der Waals surface area contributed by atoms with Gasteiger partial charge in [-0.15, -0.1) is 0 Å². The second kappa shape index (κ2) is 15.4. The molecule has 0 aliphatic carbocycles. The summed E-state index contributed by atoms with van der Waals surface area (Å²) in [4.78, 5) is 29.6. The molecular weight excluding hydrogens is 662 g/mol. The third-order valence-electron chi connectivity index (χ3n) is 7.07. The van der Waals surface area contributed by atoms with E-state index in [-0.39, 0.29) is 29.5 Å². The van der Waals surface area contributed by atoms with Crippen LogP contribution in [0.5, 0.6) is 0 Å². The van der Waals surface area contributed by atoms with E-state index in [0.29, 0.717) is 11.6 Å². The van der Waals surface area contributed by atoms with Gasteiger partial charge in [0, 0.05) is 29.0 Å². The van der Waals surface area contributed by atoms with E-state index >= 15 is 0 Å². The molecule has 0 saturated heterocycles. The first-order valence-electron chi connectivity index (χ1n) is 14.3. The van der Waals surface area contributed by atoms with E-state index in [1.165, 1.54) is 23.1 Å². The maximum Gasteiger partial charge on any atom is 0.264 e. The van der Waals surface area contributed by atoms with Crippen LogP contribution in [0.4, 0.5) is 5.69 Å². The zero-order valence-electron chi connectivity index (χ0n) is 24.6. The average Bonchev–Trinajstić information content (AvgIpc) is 3.01. The Morgan fingerprint density at radius 1 is 0.886 bits per heavy atom. The molecule has 0 aliphatic rings. The molecule has 0 heterocycles. The molecule has 10 heteroatoms. The van der Waals surface area contributed by atoms with E-state index in [9.17, 15) is 18.0 Å². The minimum atomic E-state index is -4.19. The number of anilines is 1. The van der Waals surface area contributed by atoms with Crippen LogP contribution in [0, 0.1) is 6.92 Å². The Bertz CT molecular complexity index is 1670. The maximum atomic E-state index is 14.4. The molecule has 0 spiro atoms. The number of rotatable bonds is 13. The molecule has 1 unspecified atom stereocenters. The zero-order valence-corrected chi connectivity index (χ0v) is 27.8. The topological polar surface area (TPSA) is 86.8 Å². The van der Waals surface area contributed by atoms with Gasteiger partial charge in [-0.3, -0.25) is 13.9 Å². The van der Waals surface area contributed by atoms with Crippen LogP contribution >= 0.6 is 27.5 Å². The zero-order chi connectivity index (χ0) is 31.7.